The van der Waals surface area contributed by atoms with Crippen molar-refractivity contribution < 1.29 is 47.9 Å². The summed E-state index contributed by atoms with van der Waals surface area (Å²) < 4.78 is 61.7. The van der Waals surface area contributed by atoms with Crippen LogP contribution >= 0.6 is 0 Å². The molecule has 7 nitrogen and oxygen atoms in total. The predicted molar refractivity (Wildman–Crippen MR) is 72.4 cm³/mol. The van der Waals surface area contributed by atoms with E-state index >= 15 is 0 Å². The van der Waals surface area contributed by atoms with Gasteiger partial charge in [0.2, 0.25) is 0 Å². The molecule has 0 bridgehead atoms. The van der Waals surface area contributed by atoms with Crippen molar-refractivity contribution in [3.05, 3.63) is 60.7 Å². The molecule has 0 aliphatic heterocycles. The molecule has 2 aromatic carbocycles. The van der Waals surface area contributed by atoms with E-state index in [-0.39, 0.29) is 31.8 Å². The normalized spacial score (nSPS) is 10.3. The summed E-state index contributed by atoms with van der Waals surface area (Å²) >= 11 is 0. The maximum atomic E-state index is 10.3. The Balaban J connectivity index is 0. The second-order valence-electron chi connectivity index (χ2n) is 3.53. The zero-order valence-electron chi connectivity index (χ0n) is 10.9. The molecule has 0 aliphatic rings. The van der Waals surface area contributed by atoms with E-state index in [1.807, 2.05) is 0 Å². The quantitative estimate of drug-likeness (QED) is 0.534. The minimum atomic E-state index is -4.25. The molecule has 2 rings (SSSR count). The van der Waals surface area contributed by atoms with E-state index in [2.05, 4.69) is 0 Å². The van der Waals surface area contributed by atoms with Crippen molar-refractivity contribution in [2.24, 2.45) is 0 Å². The first-order valence-electron chi connectivity index (χ1n) is 5.23. The van der Waals surface area contributed by atoms with Crippen molar-refractivity contribution in [3.63, 3.8) is 0 Å². The fraction of sp³-hybridized carbons (Fsp3) is 0. The van der Waals surface area contributed by atoms with E-state index in [1.165, 1.54) is 48.5 Å². The third-order valence-electron chi connectivity index (χ3n) is 2.06. The van der Waals surface area contributed by atoms with E-state index in [4.69, 9.17) is 0 Å². The topological polar surface area (TPSA) is 146 Å². The second-order valence-corrected chi connectivity index (χ2v) is 6.29. The smallest absolute Gasteiger partial charge is 0.744 e. The molecule has 124 valence electrons. The van der Waals surface area contributed by atoms with Crippen molar-refractivity contribution >= 4 is 20.2 Å². The molecule has 0 saturated carbocycles. The van der Waals surface area contributed by atoms with Gasteiger partial charge in [-0.05, 0) is 24.3 Å². The van der Waals surface area contributed by atoms with Crippen LogP contribution in [0.15, 0.2) is 70.5 Å². The largest absolute Gasteiger partial charge is 2.00 e. The molecular weight excluding hydrogens is 379 g/mol. The van der Waals surface area contributed by atoms with Crippen LogP contribution in [0.25, 0.3) is 0 Å². The van der Waals surface area contributed by atoms with Crippen LogP contribution in [0.4, 0.5) is 0 Å². The average molecular weight is 391 g/mol. The number of benzene rings is 2. The Bertz CT molecular complexity index is 677. The van der Waals surface area contributed by atoms with Crippen LogP contribution in [0, 0.1) is 0 Å². The number of hydrogen-bond acceptors (Lipinski definition) is 6. The van der Waals surface area contributed by atoms with Crippen LogP contribution in [0.5, 0.6) is 0 Å². The van der Waals surface area contributed by atoms with Gasteiger partial charge in [-0.3, -0.25) is 0 Å². The van der Waals surface area contributed by atoms with Gasteiger partial charge in [0.05, 0.1) is 9.79 Å². The molecule has 0 atom stereocenters. The van der Waals surface area contributed by atoms with Gasteiger partial charge < -0.3 is 14.6 Å². The molecule has 0 radical (unpaired) electrons. The van der Waals surface area contributed by atoms with Gasteiger partial charge in [0.15, 0.2) is 0 Å². The molecule has 2 N–H and O–H groups in total. The first-order valence-corrected chi connectivity index (χ1v) is 8.05. The van der Waals surface area contributed by atoms with Crippen molar-refractivity contribution in [2.45, 2.75) is 9.79 Å². The van der Waals surface area contributed by atoms with E-state index in [9.17, 15) is 25.9 Å². The first kappa shape index (κ1) is 23.0. The van der Waals surface area contributed by atoms with Crippen LogP contribution < -0.4 is 0 Å². The Labute approximate surface area is 138 Å². The predicted octanol–water partition coefficient (Wildman–Crippen LogP) is 0.354. The summed E-state index contributed by atoms with van der Waals surface area (Å²) in [6, 6.07) is 14.4. The molecule has 22 heavy (non-hydrogen) atoms. The van der Waals surface area contributed by atoms with Gasteiger partial charge in [-0.1, -0.05) is 36.4 Å². The van der Waals surface area contributed by atoms with Gasteiger partial charge in [-0.2, -0.15) is 0 Å². The maximum Gasteiger partial charge on any atom is 2.00 e. The van der Waals surface area contributed by atoms with Gasteiger partial charge >= 0.3 is 16.5 Å². The van der Waals surface area contributed by atoms with Crippen molar-refractivity contribution in [1.82, 2.24) is 0 Å². The molecule has 0 heterocycles. The standard InChI is InChI=1S/2C6H6O3S.Ni.H2O/c2*7-10(8,9)6-4-2-1-3-5-6;;/h2*1-5H,(H,7,8,9);;1H2/q;;+2;/p-2. The van der Waals surface area contributed by atoms with E-state index in [0.29, 0.717) is 0 Å². The Morgan fingerprint density at radius 2 is 0.818 bits per heavy atom. The van der Waals surface area contributed by atoms with Gasteiger partial charge in [0, 0.05) is 0 Å². The fourth-order valence-electron chi connectivity index (χ4n) is 1.17. The van der Waals surface area contributed by atoms with Crippen LogP contribution in [0.3, 0.4) is 0 Å². The van der Waals surface area contributed by atoms with Gasteiger partial charge in [-0.25, -0.2) is 16.8 Å². The van der Waals surface area contributed by atoms with Gasteiger partial charge in [0.1, 0.15) is 20.2 Å². The summed E-state index contributed by atoms with van der Waals surface area (Å²) in [5, 5.41) is 0. The zero-order valence-corrected chi connectivity index (χ0v) is 13.5. The van der Waals surface area contributed by atoms with Crippen LogP contribution in [-0.4, -0.2) is 31.4 Å². The summed E-state index contributed by atoms with van der Waals surface area (Å²) in [7, 11) is -8.51. The first-order chi connectivity index (χ1) is 9.21. The SMILES string of the molecule is O.O=S(=O)([O-])c1ccccc1.O=S(=O)([O-])c1ccccc1.[Ni+2]. The van der Waals surface area contributed by atoms with Crippen molar-refractivity contribution in [2.75, 3.05) is 0 Å². The molecule has 0 aliphatic carbocycles. The Morgan fingerprint density at radius 3 is 0.955 bits per heavy atom. The summed E-state index contributed by atoms with van der Waals surface area (Å²) in [5.74, 6) is 0. The number of hydrogen-bond donors (Lipinski definition) is 0. The molecule has 0 amide bonds. The monoisotopic (exact) mass is 390 g/mol. The molecule has 10 heteroatoms. The van der Waals surface area contributed by atoms with Crippen LogP contribution in [0.2, 0.25) is 0 Å². The molecule has 2 aromatic rings. The minimum absolute atomic E-state index is 0. The van der Waals surface area contributed by atoms with Crippen molar-refractivity contribution in [1.29, 1.82) is 0 Å². The number of rotatable bonds is 2. The molecule has 0 fully saturated rings. The van der Waals surface area contributed by atoms with Crippen molar-refractivity contribution in [3.8, 4) is 0 Å². The summed E-state index contributed by atoms with van der Waals surface area (Å²) in [6.45, 7) is 0. The zero-order chi connectivity index (χ0) is 15.2. The molecule has 0 aromatic heterocycles. The fourth-order valence-corrected chi connectivity index (χ4v) is 2.16. The second kappa shape index (κ2) is 9.67. The van der Waals surface area contributed by atoms with E-state index in [0.717, 1.165) is 0 Å². The van der Waals surface area contributed by atoms with Crippen LogP contribution in [0.1, 0.15) is 0 Å². The molecular formula is C12H12NiO7S2. The summed E-state index contributed by atoms with van der Waals surface area (Å²) in [4.78, 5) is -0.370. The maximum absolute atomic E-state index is 10.3. The van der Waals surface area contributed by atoms with E-state index < -0.39 is 20.2 Å². The van der Waals surface area contributed by atoms with Gasteiger partial charge in [0.25, 0.3) is 0 Å². The van der Waals surface area contributed by atoms with Gasteiger partial charge in [-0.15, -0.1) is 0 Å². The molecule has 0 saturated heterocycles. The third kappa shape index (κ3) is 8.23. The average Bonchev–Trinajstić information content (AvgIpc) is 2.40. The third-order valence-corrected chi connectivity index (χ3v) is 3.76. The Hall–Kier alpha value is -1.29. The van der Waals surface area contributed by atoms with E-state index in [1.54, 1.807) is 12.1 Å². The summed E-state index contributed by atoms with van der Waals surface area (Å²) in [5.41, 5.74) is 0. The Kier molecular flexibility index (Phi) is 10.1. The van der Waals surface area contributed by atoms with Crippen LogP contribution in [-0.2, 0) is 36.7 Å². The minimum Gasteiger partial charge on any atom is -0.744 e. The summed E-state index contributed by atoms with van der Waals surface area (Å²) in [6.07, 6.45) is 0. The Morgan fingerprint density at radius 1 is 0.591 bits per heavy atom. The molecule has 0 spiro atoms. The molecule has 0 unspecified atom stereocenters.